The van der Waals surface area contributed by atoms with Crippen LogP contribution in [-0.2, 0) is 0 Å². The predicted octanol–water partition coefficient (Wildman–Crippen LogP) is 3.01. The molecule has 0 saturated heterocycles. The van der Waals surface area contributed by atoms with Gasteiger partial charge in [-0.3, -0.25) is 0 Å². The van der Waals surface area contributed by atoms with E-state index in [4.69, 9.17) is 10.00 Å². The second-order valence-electron chi connectivity index (χ2n) is 3.09. The lowest BCUT2D eigenvalue weighted by atomic mass is 10.0. The highest BCUT2D eigenvalue weighted by molar-refractivity contribution is 5.69. The van der Waals surface area contributed by atoms with Crippen LogP contribution in [0.4, 0.5) is 0 Å². The largest absolute Gasteiger partial charge is 0.497 e. The highest BCUT2D eigenvalue weighted by Crippen LogP contribution is 2.20. The molecule has 0 amide bonds. The molecule has 14 heavy (non-hydrogen) atoms. The van der Waals surface area contributed by atoms with Gasteiger partial charge in [0, 0.05) is 5.57 Å². The molecule has 0 atom stereocenters. The van der Waals surface area contributed by atoms with Gasteiger partial charge in [-0.1, -0.05) is 12.1 Å². The van der Waals surface area contributed by atoms with Gasteiger partial charge >= 0.3 is 0 Å². The van der Waals surface area contributed by atoms with E-state index in [2.05, 4.69) is 6.07 Å². The molecule has 0 saturated carbocycles. The molecule has 0 aliphatic rings. The topological polar surface area (TPSA) is 33.0 Å². The first-order valence-electron chi connectivity index (χ1n) is 4.41. The van der Waals surface area contributed by atoms with Crippen molar-refractivity contribution < 1.29 is 4.74 Å². The number of nitriles is 1. The third-order valence-corrected chi connectivity index (χ3v) is 2.25. The third kappa shape index (κ3) is 2.14. The second-order valence-corrected chi connectivity index (χ2v) is 3.09. The lowest BCUT2D eigenvalue weighted by Gasteiger charge is -2.04. The van der Waals surface area contributed by atoms with E-state index in [0.717, 1.165) is 22.5 Å². The van der Waals surface area contributed by atoms with Crippen molar-refractivity contribution in [2.24, 2.45) is 0 Å². The molecule has 0 bridgehead atoms. The first-order chi connectivity index (χ1) is 6.69. The fourth-order valence-electron chi connectivity index (χ4n) is 1.14. The number of benzene rings is 1. The van der Waals surface area contributed by atoms with Gasteiger partial charge in [0.15, 0.2) is 0 Å². The van der Waals surface area contributed by atoms with E-state index in [1.54, 1.807) is 7.11 Å². The minimum atomic E-state index is 0.746. The average molecular weight is 187 g/mol. The fraction of sp³-hybridized carbons (Fsp3) is 0.250. The van der Waals surface area contributed by atoms with Crippen molar-refractivity contribution in [3.8, 4) is 11.8 Å². The highest BCUT2D eigenvalue weighted by atomic mass is 16.5. The molecule has 0 aromatic heterocycles. The summed E-state index contributed by atoms with van der Waals surface area (Å²) in [6.45, 7) is 3.76. The molecule has 0 radical (unpaired) electrons. The number of ether oxygens (including phenoxy) is 1. The van der Waals surface area contributed by atoms with Crippen molar-refractivity contribution in [1.29, 1.82) is 5.26 Å². The lowest BCUT2D eigenvalue weighted by molar-refractivity contribution is 0.415. The van der Waals surface area contributed by atoms with Gasteiger partial charge in [0.2, 0.25) is 0 Å². The van der Waals surface area contributed by atoms with Gasteiger partial charge in [0.05, 0.1) is 13.2 Å². The Morgan fingerprint density at radius 3 is 2.21 bits per heavy atom. The zero-order valence-corrected chi connectivity index (χ0v) is 8.66. The summed E-state index contributed by atoms with van der Waals surface area (Å²) in [5.41, 5.74) is 2.81. The zero-order chi connectivity index (χ0) is 10.6. The van der Waals surface area contributed by atoms with E-state index < -0.39 is 0 Å². The average Bonchev–Trinajstić information content (AvgIpc) is 2.27. The van der Waals surface area contributed by atoms with Gasteiger partial charge < -0.3 is 4.74 Å². The molecular formula is C12H13NO. The lowest BCUT2D eigenvalue weighted by Crippen LogP contribution is -1.85. The molecule has 1 rings (SSSR count). The van der Waals surface area contributed by atoms with Crippen LogP contribution < -0.4 is 4.74 Å². The van der Waals surface area contributed by atoms with Crippen molar-refractivity contribution >= 4 is 5.57 Å². The Hall–Kier alpha value is -1.75. The van der Waals surface area contributed by atoms with Crippen molar-refractivity contribution in [2.75, 3.05) is 7.11 Å². The second kappa shape index (κ2) is 4.48. The van der Waals surface area contributed by atoms with E-state index in [-0.39, 0.29) is 0 Å². The van der Waals surface area contributed by atoms with Gasteiger partial charge in [-0.15, -0.1) is 0 Å². The van der Waals surface area contributed by atoms with Crippen molar-refractivity contribution in [3.63, 3.8) is 0 Å². The van der Waals surface area contributed by atoms with Crippen LogP contribution in [0.15, 0.2) is 29.8 Å². The normalized spacial score (nSPS) is 11.6. The van der Waals surface area contributed by atoms with Gasteiger partial charge in [-0.25, -0.2) is 0 Å². The number of methoxy groups -OCH3 is 1. The SMILES string of the molecule is COc1ccc(C(C)=C(C)C#N)cc1. The van der Waals surface area contributed by atoms with Crippen molar-refractivity contribution in [1.82, 2.24) is 0 Å². The maximum atomic E-state index is 8.73. The van der Waals surface area contributed by atoms with Gasteiger partial charge in [0.25, 0.3) is 0 Å². The van der Waals surface area contributed by atoms with Crippen molar-refractivity contribution in [3.05, 3.63) is 35.4 Å². The number of nitrogens with zero attached hydrogens (tertiary/aromatic N) is 1. The molecule has 0 N–H and O–H groups in total. The minimum absolute atomic E-state index is 0.746. The molecular weight excluding hydrogens is 174 g/mol. The van der Waals surface area contributed by atoms with Crippen LogP contribution in [0.25, 0.3) is 5.57 Å². The Bertz CT molecular complexity index is 382. The van der Waals surface area contributed by atoms with Crippen LogP contribution in [0.5, 0.6) is 5.75 Å². The monoisotopic (exact) mass is 187 g/mol. The quantitative estimate of drug-likeness (QED) is 0.667. The van der Waals surface area contributed by atoms with E-state index in [0.29, 0.717) is 0 Å². The van der Waals surface area contributed by atoms with E-state index in [1.807, 2.05) is 38.1 Å². The van der Waals surface area contributed by atoms with E-state index in [1.165, 1.54) is 0 Å². The first kappa shape index (κ1) is 10.3. The predicted molar refractivity (Wildman–Crippen MR) is 56.9 cm³/mol. The number of rotatable bonds is 2. The summed E-state index contributed by atoms with van der Waals surface area (Å²) in [6, 6.07) is 9.83. The molecule has 0 aliphatic heterocycles. The molecule has 0 aliphatic carbocycles. The summed E-state index contributed by atoms with van der Waals surface area (Å²) in [7, 11) is 1.64. The molecule has 0 heterocycles. The van der Waals surface area contributed by atoms with E-state index in [9.17, 15) is 0 Å². The van der Waals surface area contributed by atoms with Crippen LogP contribution >= 0.6 is 0 Å². The van der Waals surface area contributed by atoms with Gasteiger partial charge in [-0.05, 0) is 37.1 Å². The Kier molecular flexibility index (Phi) is 3.30. The Balaban J connectivity index is 3.05. The first-order valence-corrected chi connectivity index (χ1v) is 4.41. The molecule has 2 nitrogen and oxygen atoms in total. The summed E-state index contributed by atoms with van der Waals surface area (Å²) in [5.74, 6) is 0.830. The Morgan fingerprint density at radius 1 is 1.21 bits per heavy atom. The molecule has 1 aromatic rings. The highest BCUT2D eigenvalue weighted by Gasteiger charge is 1.99. The van der Waals surface area contributed by atoms with Gasteiger partial charge in [0.1, 0.15) is 5.75 Å². The maximum absolute atomic E-state index is 8.73. The Labute approximate surface area is 84.4 Å². The minimum Gasteiger partial charge on any atom is -0.497 e. The van der Waals surface area contributed by atoms with E-state index >= 15 is 0 Å². The van der Waals surface area contributed by atoms with Crippen LogP contribution in [0.1, 0.15) is 19.4 Å². The summed E-state index contributed by atoms with van der Waals surface area (Å²) in [5, 5.41) is 8.73. The molecule has 0 spiro atoms. The summed E-state index contributed by atoms with van der Waals surface area (Å²) in [6.07, 6.45) is 0. The van der Waals surface area contributed by atoms with Crippen LogP contribution in [-0.4, -0.2) is 7.11 Å². The molecule has 72 valence electrons. The molecule has 2 heteroatoms. The maximum Gasteiger partial charge on any atom is 0.118 e. The summed E-state index contributed by atoms with van der Waals surface area (Å²) >= 11 is 0. The third-order valence-electron chi connectivity index (χ3n) is 2.25. The standard InChI is InChI=1S/C12H13NO/c1-9(8-13)10(2)11-4-6-12(14-3)7-5-11/h4-7H,1-3H3. The molecule has 0 fully saturated rings. The molecule has 1 aromatic carbocycles. The summed E-state index contributed by atoms with van der Waals surface area (Å²) in [4.78, 5) is 0. The number of allylic oxidation sites excluding steroid dienone is 2. The van der Waals surface area contributed by atoms with Gasteiger partial charge in [-0.2, -0.15) is 5.26 Å². The Morgan fingerprint density at radius 2 is 1.79 bits per heavy atom. The number of hydrogen-bond donors (Lipinski definition) is 0. The van der Waals surface area contributed by atoms with Crippen molar-refractivity contribution in [2.45, 2.75) is 13.8 Å². The van der Waals surface area contributed by atoms with Crippen LogP contribution in [0.2, 0.25) is 0 Å². The zero-order valence-electron chi connectivity index (χ0n) is 8.66. The fourth-order valence-corrected chi connectivity index (χ4v) is 1.14. The van der Waals surface area contributed by atoms with Crippen LogP contribution in [0, 0.1) is 11.3 Å². The molecule has 0 unspecified atom stereocenters. The summed E-state index contributed by atoms with van der Waals surface area (Å²) < 4.78 is 5.05. The number of hydrogen-bond acceptors (Lipinski definition) is 2. The smallest absolute Gasteiger partial charge is 0.118 e. The van der Waals surface area contributed by atoms with Crippen LogP contribution in [0.3, 0.4) is 0 Å².